The number of nitrogens with one attached hydrogen (secondary N) is 2. The van der Waals surface area contributed by atoms with Crippen molar-refractivity contribution in [1.29, 1.82) is 0 Å². The maximum absolute atomic E-state index is 12.4. The van der Waals surface area contributed by atoms with Crippen LogP contribution >= 0.6 is 0 Å². The number of benzene rings is 1. The monoisotopic (exact) mass is 323 g/mol. The van der Waals surface area contributed by atoms with Crippen LogP contribution in [0, 0.1) is 6.92 Å². The zero-order valence-corrected chi connectivity index (χ0v) is 13.4. The molecule has 2 aromatic heterocycles. The van der Waals surface area contributed by atoms with Crippen molar-refractivity contribution in [1.82, 2.24) is 20.1 Å². The highest BCUT2D eigenvalue weighted by atomic mass is 16.2. The molecule has 7 nitrogen and oxygen atoms in total. The molecular weight excluding hydrogens is 306 g/mol. The molecule has 0 spiro atoms. The predicted molar refractivity (Wildman–Crippen MR) is 90.7 cm³/mol. The van der Waals surface area contributed by atoms with Gasteiger partial charge in [-0.1, -0.05) is 6.07 Å². The SMILES string of the molecule is CNC(=O)Cn1ccc2ccc(NC(=O)c3ccnnc3C)cc21. The predicted octanol–water partition coefficient (Wildman–Crippen LogP) is 1.74. The Hall–Kier alpha value is -3.22. The van der Waals surface area contributed by atoms with E-state index in [0.717, 1.165) is 10.9 Å². The van der Waals surface area contributed by atoms with Crippen LogP contribution in [0.1, 0.15) is 16.1 Å². The van der Waals surface area contributed by atoms with Gasteiger partial charge in [0.1, 0.15) is 6.54 Å². The molecule has 0 aliphatic rings. The Balaban J connectivity index is 1.87. The number of hydrogen-bond acceptors (Lipinski definition) is 4. The summed E-state index contributed by atoms with van der Waals surface area (Å²) in [4.78, 5) is 24.0. The molecule has 0 saturated carbocycles. The van der Waals surface area contributed by atoms with Crippen LogP contribution in [0.2, 0.25) is 0 Å². The molecule has 24 heavy (non-hydrogen) atoms. The normalized spacial score (nSPS) is 10.6. The highest BCUT2D eigenvalue weighted by molar-refractivity contribution is 6.05. The molecule has 122 valence electrons. The summed E-state index contributed by atoms with van der Waals surface area (Å²) in [6.07, 6.45) is 3.34. The second kappa shape index (κ2) is 6.49. The second-order valence-corrected chi connectivity index (χ2v) is 5.37. The van der Waals surface area contributed by atoms with Crippen molar-refractivity contribution in [2.75, 3.05) is 12.4 Å². The number of aromatic nitrogens is 3. The van der Waals surface area contributed by atoms with Gasteiger partial charge in [-0.25, -0.2) is 0 Å². The molecule has 1 aromatic carbocycles. The summed E-state index contributed by atoms with van der Waals surface area (Å²) < 4.78 is 1.84. The highest BCUT2D eigenvalue weighted by Crippen LogP contribution is 2.21. The number of carbonyl (C=O) groups excluding carboxylic acids is 2. The van der Waals surface area contributed by atoms with E-state index in [1.807, 2.05) is 35.0 Å². The Morgan fingerprint density at radius 2 is 2.04 bits per heavy atom. The minimum atomic E-state index is -0.244. The summed E-state index contributed by atoms with van der Waals surface area (Å²) >= 11 is 0. The largest absolute Gasteiger partial charge is 0.358 e. The van der Waals surface area contributed by atoms with Gasteiger partial charge >= 0.3 is 0 Å². The van der Waals surface area contributed by atoms with Gasteiger partial charge in [-0.05, 0) is 36.6 Å². The van der Waals surface area contributed by atoms with Gasteiger partial charge in [0.05, 0.1) is 23.0 Å². The lowest BCUT2D eigenvalue weighted by Gasteiger charge is -2.09. The summed E-state index contributed by atoms with van der Waals surface area (Å²) in [5.41, 5.74) is 2.58. The molecular formula is C17H17N5O2. The first kappa shape index (κ1) is 15.7. The Kier molecular flexibility index (Phi) is 4.24. The molecule has 7 heteroatoms. The van der Waals surface area contributed by atoms with E-state index in [1.165, 1.54) is 6.20 Å². The number of rotatable bonds is 4. The van der Waals surface area contributed by atoms with E-state index < -0.39 is 0 Å². The molecule has 0 atom stereocenters. The van der Waals surface area contributed by atoms with E-state index in [-0.39, 0.29) is 18.4 Å². The van der Waals surface area contributed by atoms with E-state index in [2.05, 4.69) is 20.8 Å². The first-order valence-corrected chi connectivity index (χ1v) is 7.47. The lowest BCUT2D eigenvalue weighted by atomic mass is 10.2. The van der Waals surface area contributed by atoms with Gasteiger partial charge in [0.2, 0.25) is 5.91 Å². The maximum Gasteiger partial charge on any atom is 0.257 e. The van der Waals surface area contributed by atoms with Gasteiger partial charge < -0.3 is 15.2 Å². The summed E-state index contributed by atoms with van der Waals surface area (Å²) in [6, 6.07) is 9.14. The van der Waals surface area contributed by atoms with Crippen LogP contribution in [0.4, 0.5) is 5.69 Å². The van der Waals surface area contributed by atoms with E-state index in [9.17, 15) is 9.59 Å². The van der Waals surface area contributed by atoms with Crippen molar-refractivity contribution in [2.45, 2.75) is 13.5 Å². The van der Waals surface area contributed by atoms with Crippen molar-refractivity contribution >= 4 is 28.4 Å². The van der Waals surface area contributed by atoms with E-state index >= 15 is 0 Å². The fourth-order valence-corrected chi connectivity index (χ4v) is 2.47. The van der Waals surface area contributed by atoms with Crippen LogP contribution < -0.4 is 10.6 Å². The first-order chi connectivity index (χ1) is 11.6. The topological polar surface area (TPSA) is 88.9 Å². The van der Waals surface area contributed by atoms with Crippen molar-refractivity contribution < 1.29 is 9.59 Å². The number of nitrogens with zero attached hydrogens (tertiary/aromatic N) is 3. The fourth-order valence-electron chi connectivity index (χ4n) is 2.47. The lowest BCUT2D eigenvalue weighted by Crippen LogP contribution is -2.23. The summed E-state index contributed by atoms with van der Waals surface area (Å²) in [5, 5.41) is 14.1. The maximum atomic E-state index is 12.4. The van der Waals surface area contributed by atoms with Crippen LogP contribution in [0.5, 0.6) is 0 Å². The Labute approximate surface area is 138 Å². The van der Waals surface area contributed by atoms with Crippen LogP contribution in [-0.4, -0.2) is 33.6 Å². The van der Waals surface area contributed by atoms with Crippen molar-refractivity contribution in [2.24, 2.45) is 0 Å². The van der Waals surface area contributed by atoms with Gasteiger partial charge in [0.25, 0.3) is 5.91 Å². The fraction of sp³-hybridized carbons (Fsp3) is 0.176. The minimum Gasteiger partial charge on any atom is -0.358 e. The van der Waals surface area contributed by atoms with Gasteiger partial charge in [-0.3, -0.25) is 9.59 Å². The zero-order chi connectivity index (χ0) is 17.1. The van der Waals surface area contributed by atoms with Crippen molar-refractivity contribution in [3.8, 4) is 0 Å². The second-order valence-electron chi connectivity index (χ2n) is 5.37. The number of carbonyl (C=O) groups is 2. The molecule has 2 N–H and O–H groups in total. The zero-order valence-electron chi connectivity index (χ0n) is 13.4. The van der Waals surface area contributed by atoms with E-state index in [4.69, 9.17) is 0 Å². The van der Waals surface area contributed by atoms with Crippen LogP contribution in [0.25, 0.3) is 10.9 Å². The standard InChI is InChI=1S/C17H17N5O2/c1-11-14(5-7-19-21-11)17(24)20-13-4-3-12-6-8-22(15(12)9-13)10-16(23)18-2/h3-9H,10H2,1-2H3,(H,18,23)(H,20,24). The molecule has 2 amide bonds. The van der Waals surface area contributed by atoms with Crippen LogP contribution in [0.15, 0.2) is 42.7 Å². The Morgan fingerprint density at radius 3 is 2.79 bits per heavy atom. The summed E-state index contributed by atoms with van der Waals surface area (Å²) in [6.45, 7) is 1.96. The number of anilines is 1. The van der Waals surface area contributed by atoms with Crippen molar-refractivity contribution in [3.63, 3.8) is 0 Å². The Morgan fingerprint density at radius 1 is 1.21 bits per heavy atom. The third-order valence-electron chi connectivity index (χ3n) is 3.77. The molecule has 0 bridgehead atoms. The van der Waals surface area contributed by atoms with Gasteiger partial charge in [-0.15, -0.1) is 0 Å². The average Bonchev–Trinajstić information content (AvgIpc) is 2.97. The third kappa shape index (κ3) is 3.10. The average molecular weight is 323 g/mol. The number of fused-ring (bicyclic) bond motifs is 1. The number of hydrogen-bond donors (Lipinski definition) is 2. The first-order valence-electron chi connectivity index (χ1n) is 7.47. The number of likely N-dealkylation sites (N-methyl/N-ethyl adjacent to an activating group) is 1. The molecule has 0 unspecified atom stereocenters. The summed E-state index contributed by atoms with van der Waals surface area (Å²) in [7, 11) is 1.60. The van der Waals surface area contributed by atoms with E-state index in [1.54, 1.807) is 20.0 Å². The molecule has 0 saturated heterocycles. The lowest BCUT2D eigenvalue weighted by molar-refractivity contribution is -0.121. The molecule has 0 fully saturated rings. The van der Waals surface area contributed by atoms with E-state index in [0.29, 0.717) is 16.9 Å². The van der Waals surface area contributed by atoms with Gasteiger partial charge in [0.15, 0.2) is 0 Å². The smallest absolute Gasteiger partial charge is 0.257 e. The quantitative estimate of drug-likeness (QED) is 0.765. The molecule has 3 rings (SSSR count). The molecule has 0 aliphatic heterocycles. The van der Waals surface area contributed by atoms with Crippen LogP contribution in [0.3, 0.4) is 0 Å². The summed E-state index contributed by atoms with van der Waals surface area (Å²) in [5.74, 6) is -0.327. The Bertz CT molecular complexity index is 916. The molecule has 2 heterocycles. The van der Waals surface area contributed by atoms with Crippen molar-refractivity contribution in [3.05, 3.63) is 54.0 Å². The third-order valence-corrected chi connectivity index (χ3v) is 3.77. The molecule has 0 radical (unpaired) electrons. The van der Waals surface area contributed by atoms with Crippen LogP contribution in [-0.2, 0) is 11.3 Å². The molecule has 0 aliphatic carbocycles. The minimum absolute atomic E-state index is 0.0829. The molecule has 3 aromatic rings. The highest BCUT2D eigenvalue weighted by Gasteiger charge is 2.11. The van der Waals surface area contributed by atoms with Gasteiger partial charge in [-0.2, -0.15) is 10.2 Å². The van der Waals surface area contributed by atoms with Gasteiger partial charge in [0, 0.05) is 18.9 Å². The number of aryl methyl sites for hydroxylation is 1. The number of amides is 2.